The fourth-order valence-electron chi connectivity index (χ4n) is 1.32. The van der Waals surface area contributed by atoms with Crippen molar-refractivity contribution in [1.29, 1.82) is 0 Å². The van der Waals surface area contributed by atoms with Gasteiger partial charge >= 0.3 is 5.97 Å². The van der Waals surface area contributed by atoms with Crippen molar-refractivity contribution in [3.63, 3.8) is 0 Å². The van der Waals surface area contributed by atoms with Crippen molar-refractivity contribution in [2.45, 2.75) is 13.0 Å². The van der Waals surface area contributed by atoms with Gasteiger partial charge in [-0.3, -0.25) is 9.59 Å². The van der Waals surface area contributed by atoms with Crippen LogP contribution in [0.25, 0.3) is 0 Å². The Morgan fingerprint density at radius 2 is 2.05 bits per heavy atom. The average Bonchev–Trinajstić information content (AvgIpc) is 2.40. The molecule has 1 aromatic carbocycles. The van der Waals surface area contributed by atoms with Gasteiger partial charge in [-0.1, -0.05) is 0 Å². The number of nitrogens with one attached hydrogen (secondary N) is 1. The largest absolute Gasteiger partial charge is 0.464 e. The molecule has 8 heteroatoms. The summed E-state index contributed by atoms with van der Waals surface area (Å²) in [6.45, 7) is 1.61. The molecule has 0 aliphatic rings. The summed E-state index contributed by atoms with van der Waals surface area (Å²) in [4.78, 5) is 33.9. The lowest BCUT2D eigenvalue weighted by Gasteiger charge is -2.12. The van der Waals surface area contributed by atoms with Crippen LogP contribution in [0.5, 0.6) is 0 Å². The first-order valence-corrected chi connectivity index (χ1v) is 5.69. The minimum atomic E-state index is -1.59. The van der Waals surface area contributed by atoms with Crippen LogP contribution in [-0.2, 0) is 14.3 Å². The van der Waals surface area contributed by atoms with Crippen LogP contribution in [0.15, 0.2) is 18.2 Å². The minimum Gasteiger partial charge on any atom is -0.464 e. The number of hydrogen-bond donors (Lipinski definition) is 3. The Hall–Kier alpha value is -2.48. The van der Waals surface area contributed by atoms with Crippen LogP contribution in [-0.4, -0.2) is 30.4 Å². The van der Waals surface area contributed by atoms with Crippen molar-refractivity contribution in [3.05, 3.63) is 29.6 Å². The fourth-order valence-corrected chi connectivity index (χ4v) is 1.32. The molecule has 0 bridgehead atoms. The summed E-state index contributed by atoms with van der Waals surface area (Å²) in [5.74, 6) is -3.46. The number of primary amides is 1. The molecular formula is C12H14FN3O4. The Bertz CT molecular complexity index is 548. The van der Waals surface area contributed by atoms with Gasteiger partial charge in [0.1, 0.15) is 5.82 Å². The zero-order valence-electron chi connectivity index (χ0n) is 10.7. The maximum Gasteiger partial charge on any atom is 0.332 e. The molecule has 1 atom stereocenters. The highest BCUT2D eigenvalue weighted by molar-refractivity contribution is 6.08. The molecule has 0 saturated heterocycles. The van der Waals surface area contributed by atoms with E-state index in [0.29, 0.717) is 0 Å². The molecule has 0 radical (unpaired) electrons. The quantitative estimate of drug-likeness (QED) is 0.508. The highest BCUT2D eigenvalue weighted by atomic mass is 19.1. The molecule has 0 spiro atoms. The molecule has 2 amide bonds. The third-order valence-electron chi connectivity index (χ3n) is 2.33. The third-order valence-corrected chi connectivity index (χ3v) is 2.33. The number of benzene rings is 1. The van der Waals surface area contributed by atoms with Crippen LogP contribution in [0.2, 0.25) is 0 Å². The fraction of sp³-hybridized carbons (Fsp3) is 0.250. The highest BCUT2D eigenvalue weighted by Crippen LogP contribution is 2.16. The molecule has 0 aliphatic heterocycles. The summed E-state index contributed by atoms with van der Waals surface area (Å²) >= 11 is 0. The van der Waals surface area contributed by atoms with Crippen LogP contribution < -0.4 is 16.8 Å². The maximum atomic E-state index is 13.5. The van der Waals surface area contributed by atoms with E-state index < -0.39 is 29.6 Å². The summed E-state index contributed by atoms with van der Waals surface area (Å²) < 4.78 is 18.0. The van der Waals surface area contributed by atoms with Crippen LogP contribution in [0.1, 0.15) is 17.3 Å². The molecule has 1 unspecified atom stereocenters. The lowest BCUT2D eigenvalue weighted by atomic mass is 10.1. The van der Waals surface area contributed by atoms with E-state index in [-0.39, 0.29) is 17.9 Å². The molecule has 0 saturated carbocycles. The Kier molecular flexibility index (Phi) is 5.15. The van der Waals surface area contributed by atoms with Gasteiger partial charge in [-0.2, -0.15) is 0 Å². The second-order valence-electron chi connectivity index (χ2n) is 3.78. The maximum absolute atomic E-state index is 13.5. The topological polar surface area (TPSA) is 125 Å². The number of carbonyl (C=O) groups is 3. The first-order valence-electron chi connectivity index (χ1n) is 5.69. The highest BCUT2D eigenvalue weighted by Gasteiger charge is 2.24. The second-order valence-corrected chi connectivity index (χ2v) is 3.78. The Balaban J connectivity index is 2.87. The van der Waals surface area contributed by atoms with Crippen molar-refractivity contribution in [2.75, 3.05) is 11.9 Å². The summed E-state index contributed by atoms with van der Waals surface area (Å²) in [5.41, 5.74) is 10.1. The van der Waals surface area contributed by atoms with Gasteiger partial charge in [0.15, 0.2) is 6.04 Å². The molecule has 5 N–H and O–H groups in total. The minimum absolute atomic E-state index is 0.00593. The van der Waals surface area contributed by atoms with Gasteiger partial charge in [-0.05, 0) is 25.1 Å². The standard InChI is InChI=1S/C12H14FN3O4/c1-2-20-12(19)9(14)11(18)16-8-5-6(10(15)17)3-4-7(8)13/h3-5,9H,2,14H2,1H3,(H2,15,17)(H,16,18). The summed E-state index contributed by atoms with van der Waals surface area (Å²) in [5, 5.41) is 2.10. The van der Waals surface area contributed by atoms with Gasteiger partial charge in [0, 0.05) is 5.56 Å². The second kappa shape index (κ2) is 6.62. The number of anilines is 1. The van der Waals surface area contributed by atoms with E-state index in [0.717, 1.165) is 12.1 Å². The van der Waals surface area contributed by atoms with Gasteiger partial charge in [0.25, 0.3) is 5.91 Å². The third kappa shape index (κ3) is 3.75. The predicted molar refractivity (Wildman–Crippen MR) is 68.2 cm³/mol. The molecule has 20 heavy (non-hydrogen) atoms. The molecule has 0 aliphatic carbocycles. The van der Waals surface area contributed by atoms with Crippen LogP contribution >= 0.6 is 0 Å². The van der Waals surface area contributed by atoms with E-state index in [1.54, 1.807) is 6.92 Å². The Labute approximate surface area is 114 Å². The number of hydrogen-bond acceptors (Lipinski definition) is 5. The molecular weight excluding hydrogens is 269 g/mol. The lowest BCUT2D eigenvalue weighted by Crippen LogP contribution is -2.43. The van der Waals surface area contributed by atoms with E-state index in [4.69, 9.17) is 11.5 Å². The van der Waals surface area contributed by atoms with E-state index in [1.807, 2.05) is 0 Å². The zero-order valence-corrected chi connectivity index (χ0v) is 10.7. The zero-order chi connectivity index (χ0) is 15.3. The van der Waals surface area contributed by atoms with Crippen molar-refractivity contribution in [2.24, 2.45) is 11.5 Å². The van der Waals surface area contributed by atoms with Crippen molar-refractivity contribution < 1.29 is 23.5 Å². The van der Waals surface area contributed by atoms with Crippen molar-refractivity contribution in [1.82, 2.24) is 0 Å². The summed E-state index contributed by atoms with van der Waals surface area (Å²) in [6, 6.07) is 1.59. The number of rotatable bonds is 5. The van der Waals surface area contributed by atoms with E-state index in [2.05, 4.69) is 10.1 Å². The van der Waals surface area contributed by atoms with E-state index in [9.17, 15) is 18.8 Å². The normalized spacial score (nSPS) is 11.6. The Morgan fingerprint density at radius 1 is 1.40 bits per heavy atom. The molecule has 1 aromatic rings. The van der Waals surface area contributed by atoms with Crippen molar-refractivity contribution >= 4 is 23.5 Å². The molecule has 0 fully saturated rings. The van der Waals surface area contributed by atoms with E-state index >= 15 is 0 Å². The SMILES string of the molecule is CCOC(=O)C(N)C(=O)Nc1cc(C(N)=O)ccc1F. The monoisotopic (exact) mass is 283 g/mol. The van der Waals surface area contributed by atoms with Crippen molar-refractivity contribution in [3.8, 4) is 0 Å². The van der Waals surface area contributed by atoms with Gasteiger partial charge in [0.05, 0.1) is 12.3 Å². The predicted octanol–water partition coefficient (Wildman–Crippen LogP) is -0.246. The van der Waals surface area contributed by atoms with Crippen LogP contribution in [0.3, 0.4) is 0 Å². The smallest absolute Gasteiger partial charge is 0.332 e. The molecule has 0 aromatic heterocycles. The molecule has 7 nitrogen and oxygen atoms in total. The number of esters is 1. The first kappa shape index (κ1) is 15.6. The lowest BCUT2D eigenvalue weighted by molar-refractivity contribution is -0.146. The summed E-state index contributed by atoms with van der Waals surface area (Å²) in [6.07, 6.45) is 0. The van der Waals surface area contributed by atoms with Gasteiger partial charge in [-0.25, -0.2) is 9.18 Å². The van der Waals surface area contributed by atoms with Crippen LogP contribution in [0.4, 0.5) is 10.1 Å². The molecule has 1 rings (SSSR count). The average molecular weight is 283 g/mol. The number of ether oxygens (including phenoxy) is 1. The first-order chi connectivity index (χ1) is 9.36. The number of halogens is 1. The van der Waals surface area contributed by atoms with Gasteiger partial charge < -0.3 is 21.5 Å². The number of amides is 2. The van der Waals surface area contributed by atoms with Gasteiger partial charge in [-0.15, -0.1) is 0 Å². The number of nitrogens with two attached hydrogens (primary N) is 2. The van der Waals surface area contributed by atoms with Crippen LogP contribution in [0, 0.1) is 5.82 Å². The molecule has 108 valence electrons. The molecule has 0 heterocycles. The number of carbonyl (C=O) groups excluding carboxylic acids is 3. The van der Waals surface area contributed by atoms with Gasteiger partial charge in [0.2, 0.25) is 5.91 Å². The summed E-state index contributed by atoms with van der Waals surface area (Å²) in [7, 11) is 0. The Morgan fingerprint density at radius 3 is 2.60 bits per heavy atom. The van der Waals surface area contributed by atoms with E-state index in [1.165, 1.54) is 6.07 Å².